The first kappa shape index (κ1) is 13.5. The maximum Gasteiger partial charge on any atom is 0.269 e. The van der Waals surface area contributed by atoms with Crippen LogP contribution in [0.15, 0.2) is 65.4 Å². The molecule has 0 spiro atoms. The Morgan fingerprint density at radius 2 is 1.81 bits per heavy atom. The van der Waals surface area contributed by atoms with Crippen molar-refractivity contribution in [2.75, 3.05) is 0 Å². The summed E-state index contributed by atoms with van der Waals surface area (Å²) in [6, 6.07) is 14.2. The van der Waals surface area contributed by atoms with Gasteiger partial charge >= 0.3 is 0 Å². The molecule has 0 aliphatic heterocycles. The Morgan fingerprint density at radius 3 is 2.48 bits per heavy atom. The van der Waals surface area contributed by atoms with Crippen LogP contribution >= 0.6 is 15.9 Å². The monoisotopic (exact) mass is 343 g/mol. The summed E-state index contributed by atoms with van der Waals surface area (Å²) in [4.78, 5) is 10.2. The van der Waals surface area contributed by atoms with Crippen molar-refractivity contribution in [2.24, 2.45) is 0 Å². The highest BCUT2D eigenvalue weighted by atomic mass is 79.9. The summed E-state index contributed by atoms with van der Waals surface area (Å²) in [5.74, 6) is 0. The predicted molar refractivity (Wildman–Crippen MR) is 83.4 cm³/mol. The molecular formula is C15H10BrN3O2. The number of aromatic nitrogens is 2. The molecule has 0 unspecified atom stereocenters. The highest BCUT2D eigenvalue weighted by Crippen LogP contribution is 2.28. The second-order valence-electron chi connectivity index (χ2n) is 4.43. The van der Waals surface area contributed by atoms with E-state index in [2.05, 4.69) is 21.0 Å². The van der Waals surface area contributed by atoms with Crippen molar-refractivity contribution in [3.63, 3.8) is 0 Å². The standard InChI is InChI=1S/C15H10BrN3O2/c16-15-4-2-1-3-14(15)11-9-17-18(10-11)12-5-7-13(8-6-12)19(20)21/h1-10H. The van der Waals surface area contributed by atoms with E-state index >= 15 is 0 Å². The number of hydrogen-bond acceptors (Lipinski definition) is 3. The van der Waals surface area contributed by atoms with E-state index in [4.69, 9.17) is 0 Å². The number of non-ortho nitro benzene ring substituents is 1. The second-order valence-corrected chi connectivity index (χ2v) is 5.28. The third-order valence-electron chi connectivity index (χ3n) is 3.09. The highest BCUT2D eigenvalue weighted by Gasteiger charge is 2.08. The van der Waals surface area contributed by atoms with Crippen LogP contribution in [-0.4, -0.2) is 14.7 Å². The molecule has 0 aliphatic carbocycles. The molecule has 6 heteroatoms. The van der Waals surface area contributed by atoms with Gasteiger partial charge in [-0.25, -0.2) is 4.68 Å². The average molecular weight is 344 g/mol. The molecule has 5 nitrogen and oxygen atoms in total. The van der Waals surface area contributed by atoms with Gasteiger partial charge in [-0.1, -0.05) is 34.1 Å². The molecule has 104 valence electrons. The minimum Gasteiger partial charge on any atom is -0.258 e. The van der Waals surface area contributed by atoms with Gasteiger partial charge in [-0.3, -0.25) is 10.1 Å². The Hall–Kier alpha value is -2.47. The summed E-state index contributed by atoms with van der Waals surface area (Å²) in [6.45, 7) is 0. The first-order valence-electron chi connectivity index (χ1n) is 6.19. The van der Waals surface area contributed by atoms with Gasteiger partial charge in [-0.15, -0.1) is 0 Å². The van der Waals surface area contributed by atoms with Gasteiger partial charge in [-0.05, 0) is 23.8 Å². The lowest BCUT2D eigenvalue weighted by Crippen LogP contribution is -1.94. The molecule has 0 saturated heterocycles. The molecule has 0 fully saturated rings. The highest BCUT2D eigenvalue weighted by molar-refractivity contribution is 9.10. The first-order chi connectivity index (χ1) is 10.1. The maximum atomic E-state index is 10.7. The van der Waals surface area contributed by atoms with Crippen LogP contribution in [0.2, 0.25) is 0 Å². The summed E-state index contributed by atoms with van der Waals surface area (Å²) in [5.41, 5.74) is 2.86. The van der Waals surface area contributed by atoms with E-state index in [1.165, 1.54) is 12.1 Å². The SMILES string of the molecule is O=[N+]([O-])c1ccc(-n2cc(-c3ccccc3Br)cn2)cc1. The zero-order chi connectivity index (χ0) is 14.8. The van der Waals surface area contributed by atoms with Crippen molar-refractivity contribution in [3.05, 3.63) is 75.5 Å². The van der Waals surface area contributed by atoms with Gasteiger partial charge in [0.25, 0.3) is 5.69 Å². The van der Waals surface area contributed by atoms with E-state index in [9.17, 15) is 10.1 Å². The molecule has 0 amide bonds. The van der Waals surface area contributed by atoms with E-state index in [-0.39, 0.29) is 5.69 Å². The lowest BCUT2D eigenvalue weighted by atomic mass is 10.1. The van der Waals surface area contributed by atoms with Crippen molar-refractivity contribution < 1.29 is 4.92 Å². The zero-order valence-electron chi connectivity index (χ0n) is 10.8. The average Bonchev–Trinajstić information content (AvgIpc) is 2.97. The molecule has 0 radical (unpaired) electrons. The van der Waals surface area contributed by atoms with Crippen LogP contribution in [0.5, 0.6) is 0 Å². The van der Waals surface area contributed by atoms with Crippen LogP contribution in [0, 0.1) is 10.1 Å². The second kappa shape index (κ2) is 5.49. The molecule has 1 aromatic heterocycles. The molecule has 0 aliphatic rings. The maximum absolute atomic E-state index is 10.7. The molecule has 0 N–H and O–H groups in total. The van der Waals surface area contributed by atoms with E-state index in [0.29, 0.717) is 0 Å². The van der Waals surface area contributed by atoms with Gasteiger partial charge in [0, 0.05) is 28.4 Å². The van der Waals surface area contributed by atoms with Crippen molar-refractivity contribution in [2.45, 2.75) is 0 Å². The van der Waals surface area contributed by atoms with Gasteiger partial charge in [0.1, 0.15) is 0 Å². The van der Waals surface area contributed by atoms with Gasteiger partial charge in [0.2, 0.25) is 0 Å². The van der Waals surface area contributed by atoms with Crippen LogP contribution in [-0.2, 0) is 0 Å². The smallest absolute Gasteiger partial charge is 0.258 e. The van der Waals surface area contributed by atoms with Crippen molar-refractivity contribution >= 4 is 21.6 Å². The number of halogens is 1. The number of nitro groups is 1. The van der Waals surface area contributed by atoms with E-state index < -0.39 is 4.92 Å². The van der Waals surface area contributed by atoms with E-state index in [0.717, 1.165) is 21.3 Å². The molecule has 2 aromatic carbocycles. The van der Waals surface area contributed by atoms with Crippen LogP contribution in [0.25, 0.3) is 16.8 Å². The predicted octanol–water partition coefficient (Wildman–Crippen LogP) is 4.21. The summed E-state index contributed by atoms with van der Waals surface area (Å²) < 4.78 is 2.69. The Labute approximate surface area is 129 Å². The lowest BCUT2D eigenvalue weighted by molar-refractivity contribution is -0.384. The number of hydrogen-bond donors (Lipinski definition) is 0. The Morgan fingerprint density at radius 1 is 1.10 bits per heavy atom. The summed E-state index contributed by atoms with van der Waals surface area (Å²) in [5, 5.41) is 15.0. The topological polar surface area (TPSA) is 61.0 Å². The fraction of sp³-hybridized carbons (Fsp3) is 0. The molecular weight excluding hydrogens is 334 g/mol. The summed E-state index contributed by atoms with van der Waals surface area (Å²) >= 11 is 3.51. The molecule has 3 rings (SSSR count). The first-order valence-corrected chi connectivity index (χ1v) is 6.99. The molecule has 21 heavy (non-hydrogen) atoms. The third kappa shape index (κ3) is 2.71. The number of nitrogens with zero attached hydrogens (tertiary/aromatic N) is 3. The summed E-state index contributed by atoms with van der Waals surface area (Å²) in [6.07, 6.45) is 3.66. The molecule has 3 aromatic rings. The molecule has 0 saturated carbocycles. The van der Waals surface area contributed by atoms with Crippen molar-refractivity contribution in [3.8, 4) is 16.8 Å². The Bertz CT molecular complexity index is 797. The van der Waals surface area contributed by atoms with Gasteiger partial charge < -0.3 is 0 Å². The van der Waals surface area contributed by atoms with Gasteiger partial charge in [-0.2, -0.15) is 5.10 Å². The molecule has 0 atom stereocenters. The van der Waals surface area contributed by atoms with E-state index in [1.54, 1.807) is 23.0 Å². The van der Waals surface area contributed by atoms with Crippen LogP contribution in [0.1, 0.15) is 0 Å². The normalized spacial score (nSPS) is 10.5. The quantitative estimate of drug-likeness (QED) is 0.528. The fourth-order valence-corrected chi connectivity index (χ4v) is 2.54. The Balaban J connectivity index is 1.95. The van der Waals surface area contributed by atoms with Crippen molar-refractivity contribution in [1.29, 1.82) is 0 Å². The minimum absolute atomic E-state index is 0.0666. The van der Waals surface area contributed by atoms with Crippen molar-refractivity contribution in [1.82, 2.24) is 9.78 Å². The fourth-order valence-electron chi connectivity index (χ4n) is 2.03. The van der Waals surface area contributed by atoms with Crippen LogP contribution in [0.3, 0.4) is 0 Å². The van der Waals surface area contributed by atoms with Crippen LogP contribution in [0.4, 0.5) is 5.69 Å². The van der Waals surface area contributed by atoms with Crippen LogP contribution < -0.4 is 0 Å². The third-order valence-corrected chi connectivity index (χ3v) is 3.78. The summed E-state index contributed by atoms with van der Waals surface area (Å²) in [7, 11) is 0. The largest absolute Gasteiger partial charge is 0.269 e. The van der Waals surface area contributed by atoms with Gasteiger partial charge in [0.05, 0.1) is 16.8 Å². The Kier molecular flexibility index (Phi) is 3.53. The molecule has 1 heterocycles. The number of rotatable bonds is 3. The molecule has 0 bridgehead atoms. The lowest BCUT2D eigenvalue weighted by Gasteiger charge is -2.01. The van der Waals surface area contributed by atoms with Gasteiger partial charge in [0.15, 0.2) is 0 Å². The zero-order valence-corrected chi connectivity index (χ0v) is 12.4. The number of nitro benzene ring substituents is 1. The van der Waals surface area contributed by atoms with E-state index in [1.807, 2.05) is 30.5 Å². The minimum atomic E-state index is -0.417. The number of benzene rings is 2.